The molecule has 0 aliphatic rings. The third kappa shape index (κ3) is 4.48. The summed E-state index contributed by atoms with van der Waals surface area (Å²) in [5.41, 5.74) is 6.20. The summed E-state index contributed by atoms with van der Waals surface area (Å²) in [7, 11) is 0. The minimum atomic E-state index is -0.231. The van der Waals surface area contributed by atoms with Gasteiger partial charge in [-0.3, -0.25) is 4.79 Å². The quantitative estimate of drug-likeness (QED) is 0.715. The maximum Gasteiger partial charge on any atom is 0.307 e. The number of rotatable bonds is 7. The summed E-state index contributed by atoms with van der Waals surface area (Å²) in [6, 6.07) is 3.45. The van der Waals surface area contributed by atoms with Crippen LogP contribution in [0, 0.1) is 0 Å². The minimum Gasteiger partial charge on any atom is -0.476 e. The fourth-order valence-corrected chi connectivity index (χ4v) is 1.33. The molecule has 1 aromatic heterocycles. The highest BCUT2D eigenvalue weighted by Gasteiger charge is 2.05. The smallest absolute Gasteiger partial charge is 0.307 e. The number of anilines is 2. The van der Waals surface area contributed by atoms with Crippen LogP contribution in [0.5, 0.6) is 5.88 Å². The van der Waals surface area contributed by atoms with E-state index < -0.39 is 0 Å². The Labute approximate surface area is 106 Å². The molecule has 1 aromatic rings. The molecule has 3 N–H and O–H groups in total. The molecular formula is C12H19N3O3. The van der Waals surface area contributed by atoms with E-state index in [1.54, 1.807) is 19.1 Å². The van der Waals surface area contributed by atoms with Gasteiger partial charge >= 0.3 is 5.97 Å². The third-order valence-corrected chi connectivity index (χ3v) is 2.11. The lowest BCUT2D eigenvalue weighted by Gasteiger charge is -2.09. The molecule has 0 saturated heterocycles. The van der Waals surface area contributed by atoms with Gasteiger partial charge in [0.1, 0.15) is 5.82 Å². The molecule has 0 saturated carbocycles. The molecule has 1 rings (SSSR count). The van der Waals surface area contributed by atoms with Gasteiger partial charge in [0, 0.05) is 6.54 Å². The van der Waals surface area contributed by atoms with E-state index in [0.29, 0.717) is 43.6 Å². The molecule has 0 spiro atoms. The van der Waals surface area contributed by atoms with E-state index in [9.17, 15) is 4.79 Å². The van der Waals surface area contributed by atoms with Crippen LogP contribution < -0.4 is 15.8 Å². The number of carbonyl (C=O) groups is 1. The van der Waals surface area contributed by atoms with Crippen LogP contribution in [0.1, 0.15) is 20.3 Å². The predicted octanol–water partition coefficient (Wildman–Crippen LogP) is 1.43. The molecule has 0 bridgehead atoms. The van der Waals surface area contributed by atoms with Crippen molar-refractivity contribution in [3.05, 3.63) is 12.1 Å². The molecular weight excluding hydrogens is 234 g/mol. The van der Waals surface area contributed by atoms with Gasteiger partial charge in [0.15, 0.2) is 0 Å². The molecule has 6 nitrogen and oxygen atoms in total. The van der Waals surface area contributed by atoms with Crippen LogP contribution >= 0.6 is 0 Å². The van der Waals surface area contributed by atoms with Crippen LogP contribution in [-0.4, -0.2) is 30.7 Å². The number of hydrogen-bond acceptors (Lipinski definition) is 6. The van der Waals surface area contributed by atoms with Crippen LogP contribution in [0.4, 0.5) is 11.5 Å². The summed E-state index contributed by atoms with van der Waals surface area (Å²) < 4.78 is 10.1. The van der Waals surface area contributed by atoms with Crippen LogP contribution in [-0.2, 0) is 9.53 Å². The largest absolute Gasteiger partial charge is 0.476 e. The zero-order valence-corrected chi connectivity index (χ0v) is 10.7. The van der Waals surface area contributed by atoms with E-state index >= 15 is 0 Å². The van der Waals surface area contributed by atoms with Gasteiger partial charge in [-0.15, -0.1) is 0 Å². The monoisotopic (exact) mass is 253 g/mol. The molecule has 100 valence electrons. The predicted molar refractivity (Wildman–Crippen MR) is 69.6 cm³/mol. The molecule has 6 heteroatoms. The normalized spacial score (nSPS) is 9.89. The maximum absolute atomic E-state index is 11.1. The second-order valence-corrected chi connectivity index (χ2v) is 3.51. The van der Waals surface area contributed by atoms with Crippen molar-refractivity contribution < 1.29 is 14.3 Å². The Morgan fingerprint density at radius 1 is 1.39 bits per heavy atom. The molecule has 0 aliphatic carbocycles. The van der Waals surface area contributed by atoms with Crippen molar-refractivity contribution in [3.8, 4) is 5.88 Å². The molecule has 0 radical (unpaired) electrons. The lowest BCUT2D eigenvalue weighted by atomic mass is 10.3. The molecule has 0 unspecified atom stereocenters. The number of nitrogens with one attached hydrogen (secondary N) is 1. The average Bonchev–Trinajstić information content (AvgIpc) is 2.34. The Morgan fingerprint density at radius 2 is 2.17 bits per heavy atom. The number of pyridine rings is 1. The number of nitrogens with zero attached hydrogens (tertiary/aromatic N) is 1. The second-order valence-electron chi connectivity index (χ2n) is 3.51. The molecule has 1 heterocycles. The highest BCUT2D eigenvalue weighted by molar-refractivity contribution is 5.70. The summed E-state index contributed by atoms with van der Waals surface area (Å²) >= 11 is 0. The van der Waals surface area contributed by atoms with Crippen molar-refractivity contribution in [2.75, 3.05) is 30.8 Å². The SMILES string of the molecule is CCOC(=O)CCNc1ccc(N)c(OCC)n1. The first-order valence-electron chi connectivity index (χ1n) is 5.96. The van der Waals surface area contributed by atoms with E-state index in [1.807, 2.05) is 6.92 Å². The van der Waals surface area contributed by atoms with Crippen molar-refractivity contribution in [2.45, 2.75) is 20.3 Å². The van der Waals surface area contributed by atoms with Gasteiger partial charge in [-0.05, 0) is 26.0 Å². The Morgan fingerprint density at radius 3 is 2.83 bits per heavy atom. The van der Waals surface area contributed by atoms with E-state index in [1.165, 1.54) is 0 Å². The fourth-order valence-electron chi connectivity index (χ4n) is 1.33. The number of ether oxygens (including phenoxy) is 2. The standard InChI is InChI=1S/C12H19N3O3/c1-3-17-11(16)7-8-14-10-6-5-9(13)12(15-10)18-4-2/h5-6H,3-4,7-8,13H2,1-2H3,(H,14,15). The second kappa shape index (κ2) is 7.37. The van der Waals surface area contributed by atoms with Gasteiger partial charge in [0.25, 0.3) is 0 Å². The summed E-state index contributed by atoms with van der Waals surface area (Å²) in [5.74, 6) is 0.793. The fraction of sp³-hybridized carbons (Fsp3) is 0.500. The summed E-state index contributed by atoms with van der Waals surface area (Å²) in [6.07, 6.45) is 0.296. The Hall–Kier alpha value is -1.98. The molecule has 0 atom stereocenters. The highest BCUT2D eigenvalue weighted by Crippen LogP contribution is 2.20. The third-order valence-electron chi connectivity index (χ3n) is 2.11. The van der Waals surface area contributed by atoms with E-state index in [0.717, 1.165) is 0 Å². The lowest BCUT2D eigenvalue weighted by molar-refractivity contribution is -0.142. The van der Waals surface area contributed by atoms with Gasteiger partial charge in [-0.1, -0.05) is 0 Å². The van der Waals surface area contributed by atoms with E-state index in [-0.39, 0.29) is 5.97 Å². The van der Waals surface area contributed by atoms with Crippen molar-refractivity contribution in [2.24, 2.45) is 0 Å². The van der Waals surface area contributed by atoms with Gasteiger partial charge in [0.2, 0.25) is 5.88 Å². The number of nitrogen functional groups attached to an aromatic ring is 1. The number of nitrogens with two attached hydrogens (primary N) is 1. The van der Waals surface area contributed by atoms with E-state index in [4.69, 9.17) is 15.2 Å². The van der Waals surface area contributed by atoms with Crippen molar-refractivity contribution in [3.63, 3.8) is 0 Å². The topological polar surface area (TPSA) is 86.5 Å². The molecule has 18 heavy (non-hydrogen) atoms. The molecule has 0 amide bonds. The lowest BCUT2D eigenvalue weighted by Crippen LogP contribution is -2.12. The van der Waals surface area contributed by atoms with Crippen molar-refractivity contribution in [1.29, 1.82) is 0 Å². The number of esters is 1. The number of hydrogen-bond donors (Lipinski definition) is 2. The zero-order valence-electron chi connectivity index (χ0n) is 10.7. The maximum atomic E-state index is 11.1. The summed E-state index contributed by atoms with van der Waals surface area (Å²) in [6.45, 7) is 5.00. The Kier molecular flexibility index (Phi) is 5.76. The molecule has 0 aromatic carbocycles. The van der Waals surface area contributed by atoms with Gasteiger partial charge in [0.05, 0.1) is 25.3 Å². The summed E-state index contributed by atoms with van der Waals surface area (Å²) in [5, 5.41) is 3.01. The average molecular weight is 253 g/mol. The van der Waals surface area contributed by atoms with Gasteiger partial charge in [-0.25, -0.2) is 0 Å². The molecule has 0 aliphatic heterocycles. The first-order valence-corrected chi connectivity index (χ1v) is 5.96. The van der Waals surface area contributed by atoms with Crippen LogP contribution in [0.3, 0.4) is 0 Å². The van der Waals surface area contributed by atoms with Crippen LogP contribution in [0.2, 0.25) is 0 Å². The highest BCUT2D eigenvalue weighted by atomic mass is 16.5. The number of carbonyl (C=O) groups excluding carboxylic acids is 1. The summed E-state index contributed by atoms with van der Waals surface area (Å²) in [4.78, 5) is 15.3. The van der Waals surface area contributed by atoms with Crippen molar-refractivity contribution >= 4 is 17.5 Å². The first-order chi connectivity index (χ1) is 8.67. The van der Waals surface area contributed by atoms with Crippen LogP contribution in [0.25, 0.3) is 0 Å². The Bertz CT molecular complexity index is 396. The number of aromatic nitrogens is 1. The van der Waals surface area contributed by atoms with Crippen LogP contribution in [0.15, 0.2) is 12.1 Å². The van der Waals surface area contributed by atoms with Gasteiger partial charge < -0.3 is 20.5 Å². The zero-order chi connectivity index (χ0) is 13.4. The van der Waals surface area contributed by atoms with E-state index in [2.05, 4.69) is 10.3 Å². The minimum absolute atomic E-state index is 0.231. The molecule has 0 fully saturated rings. The first kappa shape index (κ1) is 14.1. The Balaban J connectivity index is 2.47. The van der Waals surface area contributed by atoms with Gasteiger partial charge in [-0.2, -0.15) is 4.98 Å². The van der Waals surface area contributed by atoms with Crippen molar-refractivity contribution in [1.82, 2.24) is 4.98 Å².